The van der Waals surface area contributed by atoms with Crippen molar-refractivity contribution < 1.29 is 34.0 Å². The molecule has 0 atom stereocenters. The molecule has 0 aromatic heterocycles. The number of carboxylic acids is 2. The van der Waals surface area contributed by atoms with Crippen molar-refractivity contribution in [2.75, 3.05) is 0 Å². The van der Waals surface area contributed by atoms with Crippen molar-refractivity contribution in [1.29, 1.82) is 0 Å². The van der Waals surface area contributed by atoms with Gasteiger partial charge in [0, 0.05) is 0 Å². The van der Waals surface area contributed by atoms with Gasteiger partial charge in [-0.2, -0.15) is 0 Å². The maximum Gasteiger partial charge on any atom is 0.524 e. The molecule has 0 aliphatic carbocycles. The van der Waals surface area contributed by atoms with E-state index in [4.69, 9.17) is 20.1 Å². The predicted octanol–water partition coefficient (Wildman–Crippen LogP) is 0.933. The molecule has 0 aromatic carbocycles. The van der Waals surface area contributed by atoms with Crippen molar-refractivity contribution in [3.8, 4) is 0 Å². The van der Waals surface area contributed by atoms with Gasteiger partial charge in [-0.25, -0.2) is 4.79 Å². The van der Waals surface area contributed by atoms with Gasteiger partial charge in [0.25, 0.3) is 0 Å². The lowest BCUT2D eigenvalue weighted by Gasteiger charge is -1.85. The van der Waals surface area contributed by atoms with Gasteiger partial charge in [-0.1, -0.05) is 0 Å². The third-order valence-electron chi connectivity index (χ3n) is 0.619. The highest BCUT2D eigenvalue weighted by molar-refractivity contribution is 6.12. The number of hydrogen-bond acceptors (Lipinski definition) is 5. The summed E-state index contributed by atoms with van der Waals surface area (Å²) in [5.74, 6) is -2.15. The van der Waals surface area contributed by atoms with Crippen LogP contribution in [0.2, 0.25) is 0 Å². The first kappa shape index (κ1) is 18.3. The van der Waals surface area contributed by atoms with Crippen molar-refractivity contribution in [1.82, 2.24) is 6.15 Å². The molecule has 0 fully saturated rings. The Morgan fingerprint density at radius 2 is 1.21 bits per heavy atom. The largest absolute Gasteiger partial charge is 0.524 e. The summed E-state index contributed by atoms with van der Waals surface area (Å²) in [6.07, 6.45) is -2.07. The molecule has 84 valence electrons. The Bertz CT molecular complexity index is 181. The Hall–Kier alpha value is -1.54. The van der Waals surface area contributed by atoms with E-state index in [2.05, 4.69) is 16.2 Å². The molecular weight excluding hydrogens is 222 g/mol. The van der Waals surface area contributed by atoms with Gasteiger partial charge in [-0.15, -0.1) is 0 Å². The van der Waals surface area contributed by atoms with E-state index < -0.39 is 18.1 Å². The molecule has 0 unspecified atom stereocenters. The lowest BCUT2D eigenvalue weighted by atomic mass is 10.3. The molecule has 0 aliphatic rings. The van der Waals surface area contributed by atoms with Gasteiger partial charge < -0.3 is 25.8 Å². The molecular formula is C5H10ClNO7. The second-order valence-electron chi connectivity index (χ2n) is 1.63. The second-order valence-corrected chi connectivity index (χ2v) is 1.78. The van der Waals surface area contributed by atoms with Gasteiger partial charge in [-0.05, 0) is 0 Å². The van der Waals surface area contributed by atoms with Gasteiger partial charge in [0.2, 0.25) is 0 Å². The second kappa shape index (κ2) is 11.5. The maximum absolute atomic E-state index is 9.64. The van der Waals surface area contributed by atoms with E-state index in [0.717, 1.165) is 0 Å². The molecule has 0 spiro atoms. The Kier molecular flexibility index (Phi) is 15.0. The zero-order valence-electron chi connectivity index (χ0n) is 6.97. The molecule has 0 aromatic rings. The van der Waals surface area contributed by atoms with Crippen molar-refractivity contribution in [3.63, 3.8) is 0 Å². The molecule has 0 saturated carbocycles. The molecule has 0 bridgehead atoms. The van der Waals surface area contributed by atoms with Crippen LogP contribution < -0.4 is 6.15 Å². The molecule has 0 aliphatic heterocycles. The quantitative estimate of drug-likeness (QED) is 0.559. The van der Waals surface area contributed by atoms with Crippen LogP contribution in [0, 0.1) is 0 Å². The summed E-state index contributed by atoms with van der Waals surface area (Å²) in [6, 6.07) is 0. The summed E-state index contributed by atoms with van der Waals surface area (Å²) in [5, 5.41) is 23.2. The zero-order chi connectivity index (χ0) is 10.9. The SMILES string of the molecule is N.O=C(O)CCC(=O)O.O=C(O)OCl. The normalized spacial score (nSPS) is 7.21. The van der Waals surface area contributed by atoms with E-state index >= 15 is 0 Å². The van der Waals surface area contributed by atoms with E-state index in [-0.39, 0.29) is 19.0 Å². The summed E-state index contributed by atoms with van der Waals surface area (Å²) in [6.45, 7) is 0. The van der Waals surface area contributed by atoms with E-state index in [9.17, 15) is 9.59 Å². The number of rotatable bonds is 3. The molecule has 0 radical (unpaired) electrons. The van der Waals surface area contributed by atoms with Crippen LogP contribution in [0.4, 0.5) is 4.79 Å². The van der Waals surface area contributed by atoms with E-state index in [0.29, 0.717) is 0 Å². The fourth-order valence-corrected chi connectivity index (χ4v) is 0.214. The lowest BCUT2D eigenvalue weighted by molar-refractivity contribution is -0.143. The number of carboxylic acid groups (broad SMARTS) is 3. The van der Waals surface area contributed by atoms with Crippen LogP contribution in [-0.4, -0.2) is 33.4 Å². The summed E-state index contributed by atoms with van der Waals surface area (Å²) in [4.78, 5) is 28.3. The summed E-state index contributed by atoms with van der Waals surface area (Å²) >= 11 is 4.24. The van der Waals surface area contributed by atoms with Crippen molar-refractivity contribution in [2.24, 2.45) is 0 Å². The Morgan fingerprint density at radius 3 is 1.29 bits per heavy atom. The van der Waals surface area contributed by atoms with Gasteiger partial charge >= 0.3 is 18.1 Å². The summed E-state index contributed by atoms with van der Waals surface area (Å²) in [7, 11) is 0. The molecule has 0 saturated heterocycles. The smallest absolute Gasteiger partial charge is 0.481 e. The lowest BCUT2D eigenvalue weighted by Crippen LogP contribution is -2.00. The van der Waals surface area contributed by atoms with Crippen LogP contribution in [0.5, 0.6) is 0 Å². The highest BCUT2D eigenvalue weighted by Gasteiger charge is 2.00. The minimum absolute atomic E-state index is 0. The van der Waals surface area contributed by atoms with Gasteiger partial charge in [0.1, 0.15) is 11.9 Å². The van der Waals surface area contributed by atoms with Crippen molar-refractivity contribution in [3.05, 3.63) is 0 Å². The predicted molar refractivity (Wildman–Crippen MR) is 44.5 cm³/mol. The minimum Gasteiger partial charge on any atom is -0.481 e. The Labute approximate surface area is 83.8 Å². The van der Waals surface area contributed by atoms with Gasteiger partial charge in [0.05, 0.1) is 12.8 Å². The molecule has 8 nitrogen and oxygen atoms in total. The molecule has 0 rings (SSSR count). The molecule has 0 heterocycles. The minimum atomic E-state index is -1.48. The first-order valence-electron chi connectivity index (χ1n) is 2.85. The van der Waals surface area contributed by atoms with Crippen LogP contribution in [0.1, 0.15) is 12.8 Å². The Morgan fingerprint density at radius 1 is 1.00 bits per heavy atom. The monoisotopic (exact) mass is 231 g/mol. The third-order valence-corrected chi connectivity index (χ3v) is 0.751. The topological polar surface area (TPSA) is 156 Å². The summed E-state index contributed by atoms with van der Waals surface area (Å²) < 4.78 is 3.14. The van der Waals surface area contributed by atoms with E-state index in [1.54, 1.807) is 0 Å². The molecule has 0 amide bonds. The first-order chi connectivity index (χ1) is 5.90. The highest BCUT2D eigenvalue weighted by Crippen LogP contribution is 1.86. The van der Waals surface area contributed by atoms with Crippen molar-refractivity contribution in [2.45, 2.75) is 12.8 Å². The maximum atomic E-state index is 9.64. The third kappa shape index (κ3) is 31.4. The van der Waals surface area contributed by atoms with Gasteiger partial charge in [0.15, 0.2) is 0 Å². The Balaban J connectivity index is -0.000000177. The number of halogens is 1. The molecule has 9 heteroatoms. The highest BCUT2D eigenvalue weighted by atomic mass is 35.5. The molecule has 6 N–H and O–H groups in total. The van der Waals surface area contributed by atoms with Crippen LogP contribution in [0.3, 0.4) is 0 Å². The average molecular weight is 232 g/mol. The van der Waals surface area contributed by atoms with Crippen LogP contribution >= 0.6 is 11.9 Å². The first-order valence-corrected chi connectivity index (χ1v) is 3.16. The average Bonchev–Trinajstić information content (AvgIpc) is 2.02. The fourth-order valence-electron chi connectivity index (χ4n) is 0.214. The van der Waals surface area contributed by atoms with Gasteiger partial charge in [-0.3, -0.25) is 9.59 Å². The van der Waals surface area contributed by atoms with Crippen molar-refractivity contribution >= 4 is 30.0 Å². The number of hydrogen-bond donors (Lipinski definition) is 4. The zero-order valence-corrected chi connectivity index (χ0v) is 7.73. The van der Waals surface area contributed by atoms with Crippen LogP contribution in [0.25, 0.3) is 0 Å². The molecule has 14 heavy (non-hydrogen) atoms. The standard InChI is InChI=1S/C4H6O4.CHClO3.H3N/c5-3(6)1-2-4(7)8;2-5-1(3)4;/h1-2H2,(H,5,6)(H,7,8);(H,3,4);1H3. The van der Waals surface area contributed by atoms with Crippen LogP contribution in [-0.2, 0) is 13.9 Å². The number of aliphatic carboxylic acids is 2. The van der Waals surface area contributed by atoms with E-state index in [1.165, 1.54) is 0 Å². The van der Waals surface area contributed by atoms with E-state index in [1.807, 2.05) is 0 Å². The van der Waals surface area contributed by atoms with Crippen LogP contribution in [0.15, 0.2) is 0 Å². The number of carbonyl (C=O) groups is 3. The summed E-state index contributed by atoms with van der Waals surface area (Å²) in [5.41, 5.74) is 0. The fraction of sp³-hybridized carbons (Fsp3) is 0.400.